The van der Waals surface area contributed by atoms with Gasteiger partial charge in [-0.2, -0.15) is 5.10 Å². The Morgan fingerprint density at radius 3 is 2.69 bits per heavy atom. The van der Waals surface area contributed by atoms with E-state index in [0.717, 1.165) is 36.9 Å². The van der Waals surface area contributed by atoms with Crippen LogP contribution in [0.1, 0.15) is 18.5 Å². The summed E-state index contributed by atoms with van der Waals surface area (Å²) in [6.45, 7) is 3.94. The average Bonchev–Trinajstić information content (AvgIpc) is 2.62. The number of nitrogens with two attached hydrogens (primary N) is 1. The predicted octanol–water partition coefficient (Wildman–Crippen LogP) is 1.24. The topological polar surface area (TPSA) is 47.1 Å². The first-order valence-electron chi connectivity index (χ1n) is 5.79. The third-order valence-corrected chi connectivity index (χ3v) is 3.74. The molecule has 4 nitrogen and oxygen atoms in total. The van der Waals surface area contributed by atoms with Gasteiger partial charge in [0.15, 0.2) is 0 Å². The zero-order valence-electron chi connectivity index (χ0n) is 9.69. The molecule has 1 saturated heterocycles. The SMILES string of the molecule is Cn1ncc(Cl)c1CN1CCC(CN)CC1. The highest BCUT2D eigenvalue weighted by atomic mass is 35.5. The molecule has 0 unspecified atom stereocenters. The average molecular weight is 243 g/mol. The first kappa shape index (κ1) is 11.9. The lowest BCUT2D eigenvalue weighted by Gasteiger charge is -2.31. The zero-order valence-corrected chi connectivity index (χ0v) is 10.5. The summed E-state index contributed by atoms with van der Waals surface area (Å²) in [6.07, 6.45) is 4.11. The molecule has 1 aromatic heterocycles. The van der Waals surface area contributed by atoms with E-state index < -0.39 is 0 Å². The largest absolute Gasteiger partial charge is 0.330 e. The molecule has 0 amide bonds. The van der Waals surface area contributed by atoms with Crippen LogP contribution >= 0.6 is 11.6 Å². The van der Waals surface area contributed by atoms with Gasteiger partial charge in [0.2, 0.25) is 0 Å². The molecule has 0 spiro atoms. The van der Waals surface area contributed by atoms with E-state index in [1.54, 1.807) is 6.20 Å². The molecule has 0 radical (unpaired) electrons. The fourth-order valence-electron chi connectivity index (χ4n) is 2.21. The maximum Gasteiger partial charge on any atom is 0.0831 e. The van der Waals surface area contributed by atoms with Crippen molar-refractivity contribution < 1.29 is 0 Å². The van der Waals surface area contributed by atoms with Crippen LogP contribution in [0.4, 0.5) is 0 Å². The molecule has 2 rings (SSSR count). The first-order chi connectivity index (χ1) is 7.70. The van der Waals surface area contributed by atoms with Crippen LogP contribution in [0.2, 0.25) is 5.02 Å². The van der Waals surface area contributed by atoms with Crippen LogP contribution in [0.5, 0.6) is 0 Å². The summed E-state index contributed by atoms with van der Waals surface area (Å²) >= 11 is 6.09. The summed E-state index contributed by atoms with van der Waals surface area (Å²) in [5.74, 6) is 0.707. The Balaban J connectivity index is 1.92. The van der Waals surface area contributed by atoms with Crippen molar-refractivity contribution >= 4 is 11.6 Å². The Kier molecular flexibility index (Phi) is 3.84. The Morgan fingerprint density at radius 1 is 1.50 bits per heavy atom. The number of rotatable bonds is 3. The fourth-order valence-corrected chi connectivity index (χ4v) is 2.43. The van der Waals surface area contributed by atoms with E-state index in [2.05, 4.69) is 10.00 Å². The zero-order chi connectivity index (χ0) is 11.5. The maximum absolute atomic E-state index is 6.09. The molecule has 0 atom stereocenters. The van der Waals surface area contributed by atoms with Gasteiger partial charge in [-0.15, -0.1) is 0 Å². The third kappa shape index (κ3) is 2.56. The number of likely N-dealkylation sites (tertiary alicyclic amines) is 1. The van der Waals surface area contributed by atoms with Crippen molar-refractivity contribution in [2.45, 2.75) is 19.4 Å². The highest BCUT2D eigenvalue weighted by Gasteiger charge is 2.19. The summed E-state index contributed by atoms with van der Waals surface area (Å²) in [7, 11) is 1.94. The highest BCUT2D eigenvalue weighted by molar-refractivity contribution is 6.31. The lowest BCUT2D eigenvalue weighted by Crippen LogP contribution is -2.36. The number of piperidine rings is 1. The monoisotopic (exact) mass is 242 g/mol. The van der Waals surface area contributed by atoms with Crippen molar-refractivity contribution in [3.05, 3.63) is 16.9 Å². The van der Waals surface area contributed by atoms with Gasteiger partial charge in [0.1, 0.15) is 0 Å². The molecule has 1 aliphatic heterocycles. The van der Waals surface area contributed by atoms with Crippen LogP contribution in [0.25, 0.3) is 0 Å². The molecule has 0 bridgehead atoms. The molecule has 2 heterocycles. The van der Waals surface area contributed by atoms with Gasteiger partial charge in [0, 0.05) is 13.6 Å². The minimum absolute atomic E-state index is 0.707. The Bertz CT molecular complexity index is 322. The number of hydrogen-bond donors (Lipinski definition) is 1. The third-order valence-electron chi connectivity index (χ3n) is 3.42. The van der Waals surface area contributed by atoms with E-state index in [1.165, 1.54) is 12.8 Å². The van der Waals surface area contributed by atoms with Crippen LogP contribution in [0.3, 0.4) is 0 Å². The van der Waals surface area contributed by atoms with E-state index in [0.29, 0.717) is 5.92 Å². The van der Waals surface area contributed by atoms with Crippen molar-refractivity contribution in [2.75, 3.05) is 19.6 Å². The first-order valence-corrected chi connectivity index (χ1v) is 6.17. The normalized spacial score (nSPS) is 19.2. The molecular weight excluding hydrogens is 224 g/mol. The van der Waals surface area contributed by atoms with Crippen LogP contribution in [0, 0.1) is 5.92 Å². The maximum atomic E-state index is 6.09. The number of aromatic nitrogens is 2. The van der Waals surface area contributed by atoms with Gasteiger partial charge in [0.25, 0.3) is 0 Å². The molecule has 0 aromatic carbocycles. The Morgan fingerprint density at radius 2 is 2.19 bits per heavy atom. The van der Waals surface area contributed by atoms with Crippen molar-refractivity contribution in [2.24, 2.45) is 18.7 Å². The van der Waals surface area contributed by atoms with Gasteiger partial charge < -0.3 is 5.73 Å². The number of nitrogens with zero attached hydrogens (tertiary/aromatic N) is 3. The smallest absolute Gasteiger partial charge is 0.0831 e. The lowest BCUT2D eigenvalue weighted by atomic mass is 9.97. The predicted molar refractivity (Wildman–Crippen MR) is 65.3 cm³/mol. The van der Waals surface area contributed by atoms with E-state index in [1.807, 2.05) is 11.7 Å². The van der Waals surface area contributed by atoms with Gasteiger partial charge >= 0.3 is 0 Å². The fraction of sp³-hybridized carbons (Fsp3) is 0.727. The Labute approximate surface area is 101 Å². The summed E-state index contributed by atoms with van der Waals surface area (Å²) in [6, 6.07) is 0. The van der Waals surface area contributed by atoms with Crippen molar-refractivity contribution in [3.63, 3.8) is 0 Å². The summed E-state index contributed by atoms with van der Waals surface area (Å²) in [5, 5.41) is 4.92. The molecule has 16 heavy (non-hydrogen) atoms. The van der Waals surface area contributed by atoms with Crippen LogP contribution in [-0.2, 0) is 13.6 Å². The number of aryl methyl sites for hydroxylation is 1. The van der Waals surface area contributed by atoms with E-state index in [4.69, 9.17) is 17.3 Å². The van der Waals surface area contributed by atoms with Gasteiger partial charge in [-0.25, -0.2) is 0 Å². The summed E-state index contributed by atoms with van der Waals surface area (Å²) in [4.78, 5) is 2.43. The van der Waals surface area contributed by atoms with Gasteiger partial charge in [-0.3, -0.25) is 9.58 Å². The van der Waals surface area contributed by atoms with Crippen LogP contribution in [-0.4, -0.2) is 34.3 Å². The van der Waals surface area contributed by atoms with E-state index in [9.17, 15) is 0 Å². The standard InChI is InChI=1S/C11H19ClN4/c1-15-11(10(12)7-14-15)8-16-4-2-9(6-13)3-5-16/h7,9H,2-6,8,13H2,1H3. The second kappa shape index (κ2) is 5.17. The molecular formula is C11H19ClN4. The van der Waals surface area contributed by atoms with Gasteiger partial charge in [-0.1, -0.05) is 11.6 Å². The van der Waals surface area contributed by atoms with Crippen LogP contribution in [0.15, 0.2) is 6.20 Å². The second-order valence-corrected chi connectivity index (χ2v) is 4.93. The van der Waals surface area contributed by atoms with Gasteiger partial charge in [0.05, 0.1) is 16.9 Å². The molecule has 5 heteroatoms. The number of hydrogen-bond acceptors (Lipinski definition) is 3. The molecule has 1 fully saturated rings. The van der Waals surface area contributed by atoms with Crippen molar-refractivity contribution in [3.8, 4) is 0 Å². The van der Waals surface area contributed by atoms with Crippen LogP contribution < -0.4 is 5.73 Å². The van der Waals surface area contributed by atoms with E-state index >= 15 is 0 Å². The molecule has 1 aliphatic rings. The highest BCUT2D eigenvalue weighted by Crippen LogP contribution is 2.21. The minimum Gasteiger partial charge on any atom is -0.330 e. The molecule has 0 aliphatic carbocycles. The molecule has 0 saturated carbocycles. The van der Waals surface area contributed by atoms with Crippen molar-refractivity contribution in [1.82, 2.24) is 14.7 Å². The van der Waals surface area contributed by atoms with Gasteiger partial charge in [-0.05, 0) is 38.4 Å². The quantitative estimate of drug-likeness (QED) is 0.868. The van der Waals surface area contributed by atoms with E-state index in [-0.39, 0.29) is 0 Å². The molecule has 2 N–H and O–H groups in total. The summed E-state index contributed by atoms with van der Waals surface area (Å²) < 4.78 is 1.86. The molecule has 1 aromatic rings. The van der Waals surface area contributed by atoms with Crippen molar-refractivity contribution in [1.29, 1.82) is 0 Å². The lowest BCUT2D eigenvalue weighted by molar-refractivity contribution is 0.177. The minimum atomic E-state index is 0.707. The molecule has 90 valence electrons. The number of halogens is 1. The summed E-state index contributed by atoms with van der Waals surface area (Å²) in [5.41, 5.74) is 6.78. The Hall–Kier alpha value is -0.580. The second-order valence-electron chi connectivity index (χ2n) is 4.52.